The number of amides is 1. The highest BCUT2D eigenvalue weighted by Crippen LogP contribution is 2.37. The highest BCUT2D eigenvalue weighted by Gasteiger charge is 2.15. The van der Waals surface area contributed by atoms with Crippen LogP contribution >= 0.6 is 11.3 Å². The molecule has 0 aliphatic heterocycles. The lowest BCUT2D eigenvalue weighted by Crippen LogP contribution is -2.18. The summed E-state index contributed by atoms with van der Waals surface area (Å²) in [6, 6.07) is 19.5. The van der Waals surface area contributed by atoms with Gasteiger partial charge in [0.1, 0.15) is 0 Å². The van der Waals surface area contributed by atoms with Gasteiger partial charge in [-0.05, 0) is 71.5 Å². The molecule has 0 unspecified atom stereocenters. The molecule has 1 amide bonds. The van der Waals surface area contributed by atoms with Crippen LogP contribution in [-0.4, -0.2) is 10.9 Å². The van der Waals surface area contributed by atoms with Gasteiger partial charge in [-0.1, -0.05) is 18.2 Å². The van der Waals surface area contributed by atoms with Crippen LogP contribution in [0.3, 0.4) is 0 Å². The molecule has 5 nitrogen and oxygen atoms in total. The number of anilines is 3. The summed E-state index contributed by atoms with van der Waals surface area (Å²) in [6.45, 7) is 2.68. The third kappa shape index (κ3) is 4.18. The highest BCUT2D eigenvalue weighted by molar-refractivity contribution is 7.13. The maximum absolute atomic E-state index is 11.4. The Kier molecular flexibility index (Phi) is 5.50. The van der Waals surface area contributed by atoms with E-state index in [1.807, 2.05) is 30.3 Å². The van der Waals surface area contributed by atoms with Crippen molar-refractivity contribution < 1.29 is 4.79 Å². The molecule has 0 saturated heterocycles. The largest absolute Gasteiger partial charge is 0.397 e. The van der Waals surface area contributed by atoms with Crippen molar-refractivity contribution in [3.05, 3.63) is 95.1 Å². The first-order valence-electron chi connectivity index (χ1n) is 9.52. The molecule has 6 heteroatoms. The number of hydrogen-bond donors (Lipinski definition) is 2. The number of nitrogens with zero attached hydrogens (tertiary/aromatic N) is 2. The maximum atomic E-state index is 11.4. The SMILES string of the molecule is Cc1csc(-c2ccc(N)c(N(Cc3ccc(C(N)=O)cc3)c3ccncc3)c2)c1. The normalized spacial score (nSPS) is 10.7. The number of benzene rings is 2. The van der Waals surface area contributed by atoms with E-state index in [4.69, 9.17) is 11.5 Å². The molecule has 0 bridgehead atoms. The molecule has 0 radical (unpaired) electrons. The number of hydrogen-bond acceptors (Lipinski definition) is 5. The van der Waals surface area contributed by atoms with Gasteiger partial charge in [-0.2, -0.15) is 0 Å². The first-order valence-corrected chi connectivity index (χ1v) is 10.4. The zero-order chi connectivity index (χ0) is 21.1. The number of nitrogens with two attached hydrogens (primary N) is 2. The maximum Gasteiger partial charge on any atom is 0.248 e. The summed E-state index contributed by atoms with van der Waals surface area (Å²) in [5, 5.41) is 2.15. The monoisotopic (exact) mass is 414 g/mol. The second-order valence-electron chi connectivity index (χ2n) is 7.11. The molecule has 0 aliphatic carbocycles. The van der Waals surface area contributed by atoms with Crippen LogP contribution < -0.4 is 16.4 Å². The smallest absolute Gasteiger partial charge is 0.248 e. The molecule has 4 aromatic rings. The van der Waals surface area contributed by atoms with Gasteiger partial charge in [0.15, 0.2) is 0 Å². The number of aromatic nitrogens is 1. The third-order valence-electron chi connectivity index (χ3n) is 4.89. The van der Waals surface area contributed by atoms with Gasteiger partial charge in [-0.15, -0.1) is 11.3 Å². The summed E-state index contributed by atoms with van der Waals surface area (Å²) in [6.07, 6.45) is 3.53. The first-order chi connectivity index (χ1) is 14.5. The lowest BCUT2D eigenvalue weighted by molar-refractivity contribution is 0.100. The molecule has 0 atom stereocenters. The molecule has 4 N–H and O–H groups in total. The lowest BCUT2D eigenvalue weighted by Gasteiger charge is -2.27. The van der Waals surface area contributed by atoms with E-state index in [0.717, 1.165) is 22.5 Å². The summed E-state index contributed by atoms with van der Waals surface area (Å²) in [7, 11) is 0. The predicted octanol–water partition coefficient (Wildman–Crippen LogP) is 5.14. The van der Waals surface area contributed by atoms with E-state index in [1.54, 1.807) is 35.9 Å². The Hall–Kier alpha value is -3.64. The van der Waals surface area contributed by atoms with Gasteiger partial charge < -0.3 is 16.4 Å². The molecule has 2 heterocycles. The number of carbonyl (C=O) groups is 1. The minimum atomic E-state index is -0.435. The Morgan fingerprint density at radius 3 is 2.40 bits per heavy atom. The van der Waals surface area contributed by atoms with Crippen molar-refractivity contribution in [2.24, 2.45) is 5.73 Å². The molecular weight excluding hydrogens is 392 g/mol. The minimum absolute atomic E-state index is 0.435. The van der Waals surface area contributed by atoms with Crippen LogP contribution in [0.25, 0.3) is 10.4 Å². The van der Waals surface area contributed by atoms with Crippen molar-refractivity contribution in [2.75, 3.05) is 10.6 Å². The average Bonchev–Trinajstić information content (AvgIpc) is 3.20. The van der Waals surface area contributed by atoms with Gasteiger partial charge >= 0.3 is 0 Å². The Labute approximate surface area is 179 Å². The van der Waals surface area contributed by atoms with Crippen LogP contribution in [0.15, 0.2) is 78.4 Å². The number of aryl methyl sites for hydroxylation is 1. The zero-order valence-electron chi connectivity index (χ0n) is 16.6. The van der Waals surface area contributed by atoms with E-state index >= 15 is 0 Å². The highest BCUT2D eigenvalue weighted by atomic mass is 32.1. The second-order valence-corrected chi connectivity index (χ2v) is 8.03. The Bertz CT molecular complexity index is 1170. The number of pyridine rings is 1. The van der Waals surface area contributed by atoms with Gasteiger partial charge in [-0.25, -0.2) is 0 Å². The van der Waals surface area contributed by atoms with Crippen LogP contribution in [-0.2, 0) is 6.54 Å². The van der Waals surface area contributed by atoms with Crippen molar-refractivity contribution in [3.8, 4) is 10.4 Å². The molecule has 0 spiro atoms. The number of carbonyl (C=O) groups excluding carboxylic acids is 1. The quantitative estimate of drug-likeness (QED) is 0.428. The zero-order valence-corrected chi connectivity index (χ0v) is 17.4. The lowest BCUT2D eigenvalue weighted by atomic mass is 10.1. The fourth-order valence-corrected chi connectivity index (χ4v) is 4.21. The Morgan fingerprint density at radius 1 is 1.03 bits per heavy atom. The number of thiophene rings is 1. The van der Waals surface area contributed by atoms with E-state index < -0.39 is 5.91 Å². The van der Waals surface area contributed by atoms with Crippen LogP contribution in [0.5, 0.6) is 0 Å². The molecule has 30 heavy (non-hydrogen) atoms. The van der Waals surface area contributed by atoms with Crippen LogP contribution in [0.1, 0.15) is 21.5 Å². The summed E-state index contributed by atoms with van der Waals surface area (Å²) >= 11 is 1.72. The molecule has 0 saturated carbocycles. The first kappa shape index (κ1) is 19.7. The molecule has 0 aliphatic rings. The molecule has 4 rings (SSSR count). The van der Waals surface area contributed by atoms with Crippen LogP contribution in [0, 0.1) is 6.92 Å². The topological polar surface area (TPSA) is 85.2 Å². The number of nitrogen functional groups attached to an aromatic ring is 1. The van der Waals surface area contributed by atoms with Gasteiger partial charge in [0.05, 0.1) is 11.4 Å². The summed E-state index contributed by atoms with van der Waals surface area (Å²) < 4.78 is 0. The van der Waals surface area contributed by atoms with E-state index in [2.05, 4.69) is 40.4 Å². The van der Waals surface area contributed by atoms with Crippen molar-refractivity contribution in [2.45, 2.75) is 13.5 Å². The van der Waals surface area contributed by atoms with Crippen molar-refractivity contribution in [1.29, 1.82) is 0 Å². The Morgan fingerprint density at radius 2 is 1.77 bits per heavy atom. The fraction of sp³-hybridized carbons (Fsp3) is 0.0833. The number of rotatable bonds is 6. The molecular formula is C24H22N4OS. The van der Waals surface area contributed by atoms with E-state index in [-0.39, 0.29) is 0 Å². The number of primary amides is 1. The Balaban J connectivity index is 1.76. The van der Waals surface area contributed by atoms with Crippen molar-refractivity contribution in [3.63, 3.8) is 0 Å². The van der Waals surface area contributed by atoms with E-state index in [0.29, 0.717) is 17.8 Å². The van der Waals surface area contributed by atoms with Crippen molar-refractivity contribution in [1.82, 2.24) is 4.98 Å². The summed E-state index contributed by atoms with van der Waals surface area (Å²) in [4.78, 5) is 18.9. The van der Waals surface area contributed by atoms with Gasteiger partial charge in [0.25, 0.3) is 0 Å². The standard InChI is InChI=1S/C24H22N4OS/c1-16-12-23(30-15-16)19-6-7-21(25)22(13-19)28(20-8-10-27-11-9-20)14-17-2-4-18(5-3-17)24(26)29/h2-13,15H,14,25H2,1H3,(H2,26,29). The van der Waals surface area contributed by atoms with E-state index in [1.165, 1.54) is 10.4 Å². The molecule has 2 aromatic heterocycles. The predicted molar refractivity (Wildman–Crippen MR) is 124 cm³/mol. The van der Waals surface area contributed by atoms with E-state index in [9.17, 15) is 4.79 Å². The minimum Gasteiger partial charge on any atom is -0.397 e. The third-order valence-corrected chi connectivity index (χ3v) is 5.99. The molecule has 150 valence electrons. The van der Waals surface area contributed by atoms with Gasteiger partial charge in [0, 0.05) is 35.1 Å². The molecule has 2 aromatic carbocycles. The van der Waals surface area contributed by atoms with Gasteiger partial charge in [0.2, 0.25) is 5.91 Å². The second kappa shape index (κ2) is 8.39. The average molecular weight is 415 g/mol. The van der Waals surface area contributed by atoms with Crippen molar-refractivity contribution >= 4 is 34.3 Å². The van der Waals surface area contributed by atoms with Crippen LogP contribution in [0.2, 0.25) is 0 Å². The van der Waals surface area contributed by atoms with Crippen LogP contribution in [0.4, 0.5) is 17.1 Å². The summed E-state index contributed by atoms with van der Waals surface area (Å²) in [5.74, 6) is -0.435. The van der Waals surface area contributed by atoms with Gasteiger partial charge in [-0.3, -0.25) is 9.78 Å². The fourth-order valence-electron chi connectivity index (χ4n) is 3.31. The molecule has 0 fully saturated rings. The summed E-state index contributed by atoms with van der Waals surface area (Å²) in [5.41, 5.74) is 18.3.